The van der Waals surface area contributed by atoms with Gasteiger partial charge in [0.1, 0.15) is 11.2 Å². The van der Waals surface area contributed by atoms with Crippen molar-refractivity contribution in [2.75, 3.05) is 0 Å². The zero-order valence-corrected chi connectivity index (χ0v) is 15.1. The van der Waals surface area contributed by atoms with Gasteiger partial charge in [-0.25, -0.2) is 0 Å². The molecule has 4 aromatic carbocycles. The number of hydrogen-bond donors (Lipinski definition) is 0. The summed E-state index contributed by atoms with van der Waals surface area (Å²) in [4.78, 5) is 0. The Morgan fingerprint density at radius 3 is 1.29 bits per heavy atom. The summed E-state index contributed by atoms with van der Waals surface area (Å²) in [5.41, 5.74) is 6.34. The number of rotatable bonds is 2. The van der Waals surface area contributed by atoms with E-state index < -0.39 is 0 Å². The van der Waals surface area contributed by atoms with Gasteiger partial charge in [-0.3, -0.25) is 0 Å². The van der Waals surface area contributed by atoms with Crippen molar-refractivity contribution in [1.82, 2.24) is 0 Å². The maximum atomic E-state index is 5.90. The summed E-state index contributed by atoms with van der Waals surface area (Å²) in [5, 5.41) is 4.64. The van der Waals surface area contributed by atoms with Crippen LogP contribution in [0.15, 0.2) is 106 Å². The van der Waals surface area contributed by atoms with Crippen molar-refractivity contribution < 1.29 is 8.83 Å². The summed E-state index contributed by atoms with van der Waals surface area (Å²) >= 11 is 0. The van der Waals surface area contributed by atoms with E-state index in [4.69, 9.17) is 8.83 Å². The summed E-state index contributed by atoms with van der Waals surface area (Å²) in [5.74, 6) is 0. The number of benzene rings is 4. The Morgan fingerprint density at radius 2 is 0.857 bits per heavy atom. The third kappa shape index (κ3) is 2.15. The Labute approximate surface area is 161 Å². The van der Waals surface area contributed by atoms with Crippen molar-refractivity contribution in [3.05, 3.63) is 97.5 Å². The molecular formula is C26H16O2. The highest BCUT2D eigenvalue weighted by molar-refractivity contribution is 6.22. The summed E-state index contributed by atoms with van der Waals surface area (Å²) in [6.07, 6.45) is 3.72. The highest BCUT2D eigenvalue weighted by atomic mass is 16.3. The average molecular weight is 360 g/mol. The Morgan fingerprint density at radius 1 is 0.429 bits per heavy atom. The van der Waals surface area contributed by atoms with Crippen LogP contribution in [-0.2, 0) is 0 Å². The first-order valence-electron chi connectivity index (χ1n) is 9.35. The van der Waals surface area contributed by atoms with Crippen molar-refractivity contribution in [1.29, 1.82) is 0 Å². The molecule has 0 aliphatic rings. The molecule has 0 bridgehead atoms. The van der Waals surface area contributed by atoms with E-state index in [9.17, 15) is 0 Å². The van der Waals surface area contributed by atoms with E-state index in [0.717, 1.165) is 44.2 Å². The third-order valence-electron chi connectivity index (χ3n) is 5.44. The predicted octanol–water partition coefficient (Wildman–Crippen LogP) is 7.67. The molecule has 0 atom stereocenters. The first kappa shape index (κ1) is 15.3. The van der Waals surface area contributed by atoms with Crippen molar-refractivity contribution in [2.45, 2.75) is 0 Å². The minimum atomic E-state index is 0.899. The minimum absolute atomic E-state index is 0.899. The summed E-state index contributed by atoms with van der Waals surface area (Å²) in [6.45, 7) is 0. The van der Waals surface area contributed by atoms with Crippen LogP contribution < -0.4 is 0 Å². The molecule has 0 spiro atoms. The molecule has 0 saturated carbocycles. The standard InChI is InChI=1S/C26H16O2/c1-3-7-17(8-4-1)21-15-27-23-13-12-20-19(25(21)23)11-14-24-26(20)22(16-28-24)18-9-5-2-6-10-18/h1-16H. The van der Waals surface area contributed by atoms with Gasteiger partial charge >= 0.3 is 0 Å². The zero-order chi connectivity index (χ0) is 18.5. The molecule has 2 heteroatoms. The van der Waals surface area contributed by atoms with Gasteiger partial charge in [-0.1, -0.05) is 60.7 Å². The fourth-order valence-electron chi connectivity index (χ4n) is 4.14. The zero-order valence-electron chi connectivity index (χ0n) is 15.1. The van der Waals surface area contributed by atoms with Crippen LogP contribution in [0.3, 0.4) is 0 Å². The first-order valence-corrected chi connectivity index (χ1v) is 9.35. The molecule has 0 unspecified atom stereocenters. The van der Waals surface area contributed by atoms with E-state index in [-0.39, 0.29) is 0 Å². The van der Waals surface area contributed by atoms with Crippen LogP contribution >= 0.6 is 0 Å². The summed E-state index contributed by atoms with van der Waals surface area (Å²) < 4.78 is 11.8. The molecule has 6 rings (SSSR count). The van der Waals surface area contributed by atoms with Crippen molar-refractivity contribution >= 4 is 32.7 Å². The maximum absolute atomic E-state index is 5.90. The van der Waals surface area contributed by atoms with Crippen molar-refractivity contribution in [3.63, 3.8) is 0 Å². The number of fused-ring (bicyclic) bond motifs is 5. The van der Waals surface area contributed by atoms with Crippen molar-refractivity contribution in [3.8, 4) is 22.3 Å². The van der Waals surface area contributed by atoms with Crippen LogP contribution in [0.5, 0.6) is 0 Å². The van der Waals surface area contributed by atoms with Crippen LogP contribution in [0, 0.1) is 0 Å². The van der Waals surface area contributed by atoms with E-state index in [1.54, 1.807) is 0 Å². The Kier molecular flexibility index (Phi) is 3.20. The van der Waals surface area contributed by atoms with Gasteiger partial charge in [0, 0.05) is 21.9 Å². The Balaban J connectivity index is 1.73. The van der Waals surface area contributed by atoms with E-state index in [2.05, 4.69) is 72.8 Å². The van der Waals surface area contributed by atoms with Crippen LogP contribution in [-0.4, -0.2) is 0 Å². The number of hydrogen-bond acceptors (Lipinski definition) is 2. The molecule has 0 fully saturated rings. The lowest BCUT2D eigenvalue weighted by molar-refractivity contribution is 0.616. The molecule has 0 amide bonds. The van der Waals surface area contributed by atoms with Crippen LogP contribution in [0.1, 0.15) is 0 Å². The lowest BCUT2D eigenvalue weighted by Gasteiger charge is -2.06. The second-order valence-corrected chi connectivity index (χ2v) is 7.00. The molecule has 0 radical (unpaired) electrons. The monoisotopic (exact) mass is 360 g/mol. The molecule has 2 aromatic heterocycles. The van der Waals surface area contributed by atoms with E-state index >= 15 is 0 Å². The number of furan rings is 2. The molecule has 6 aromatic rings. The second kappa shape index (κ2) is 5.86. The highest BCUT2D eigenvalue weighted by Crippen LogP contribution is 2.41. The molecule has 2 nitrogen and oxygen atoms in total. The molecule has 132 valence electrons. The SMILES string of the molecule is c1ccc(-c2coc3ccc4c(ccc5occ(-c6ccccc6)c54)c23)cc1. The predicted molar refractivity (Wildman–Crippen MR) is 114 cm³/mol. The quantitative estimate of drug-likeness (QED) is 0.317. The van der Waals surface area contributed by atoms with E-state index in [1.807, 2.05) is 24.7 Å². The van der Waals surface area contributed by atoms with Gasteiger partial charge in [0.15, 0.2) is 0 Å². The summed E-state index contributed by atoms with van der Waals surface area (Å²) in [6, 6.07) is 29.2. The van der Waals surface area contributed by atoms with Gasteiger partial charge < -0.3 is 8.83 Å². The molecule has 0 aliphatic carbocycles. The third-order valence-corrected chi connectivity index (χ3v) is 5.44. The maximum Gasteiger partial charge on any atom is 0.135 e. The molecule has 0 aliphatic heterocycles. The molecule has 28 heavy (non-hydrogen) atoms. The molecule has 0 N–H and O–H groups in total. The lowest BCUT2D eigenvalue weighted by atomic mass is 9.95. The Hall–Kier alpha value is -3.78. The van der Waals surface area contributed by atoms with E-state index in [1.165, 1.54) is 10.8 Å². The van der Waals surface area contributed by atoms with Crippen LogP contribution in [0.4, 0.5) is 0 Å². The molecule has 2 heterocycles. The van der Waals surface area contributed by atoms with Gasteiger partial charge in [0.25, 0.3) is 0 Å². The molecular weight excluding hydrogens is 344 g/mol. The second-order valence-electron chi connectivity index (χ2n) is 7.00. The topological polar surface area (TPSA) is 26.3 Å². The Bertz CT molecular complexity index is 1320. The minimum Gasteiger partial charge on any atom is -0.464 e. The largest absolute Gasteiger partial charge is 0.464 e. The summed E-state index contributed by atoms with van der Waals surface area (Å²) in [7, 11) is 0. The van der Waals surface area contributed by atoms with Crippen LogP contribution in [0.2, 0.25) is 0 Å². The van der Waals surface area contributed by atoms with Crippen molar-refractivity contribution in [2.24, 2.45) is 0 Å². The van der Waals surface area contributed by atoms with Gasteiger partial charge in [-0.2, -0.15) is 0 Å². The van der Waals surface area contributed by atoms with E-state index in [0.29, 0.717) is 0 Å². The van der Waals surface area contributed by atoms with Gasteiger partial charge in [-0.05, 0) is 46.2 Å². The van der Waals surface area contributed by atoms with Crippen LogP contribution in [0.25, 0.3) is 55.0 Å². The smallest absolute Gasteiger partial charge is 0.135 e. The normalized spacial score (nSPS) is 11.6. The fraction of sp³-hybridized carbons (Fsp3) is 0. The average Bonchev–Trinajstić information content (AvgIpc) is 3.39. The molecule has 0 saturated heterocycles. The van der Waals surface area contributed by atoms with Gasteiger partial charge in [0.05, 0.1) is 12.5 Å². The fourth-order valence-corrected chi connectivity index (χ4v) is 4.14. The lowest BCUT2D eigenvalue weighted by Crippen LogP contribution is -1.81. The van der Waals surface area contributed by atoms with Gasteiger partial charge in [-0.15, -0.1) is 0 Å². The van der Waals surface area contributed by atoms with Gasteiger partial charge in [0.2, 0.25) is 0 Å². The first-order chi connectivity index (χ1) is 13.9. The highest BCUT2D eigenvalue weighted by Gasteiger charge is 2.16.